The predicted octanol–water partition coefficient (Wildman–Crippen LogP) is 3.65. The summed E-state index contributed by atoms with van der Waals surface area (Å²) in [5, 5.41) is 4.26. The van der Waals surface area contributed by atoms with E-state index in [9.17, 15) is 4.39 Å². The minimum Gasteiger partial charge on any atom is -0.456 e. The first-order valence-corrected chi connectivity index (χ1v) is 7.27. The molecule has 2 aromatic rings. The first-order chi connectivity index (χ1) is 9.78. The Morgan fingerprint density at radius 2 is 2.35 bits per heavy atom. The van der Waals surface area contributed by atoms with Gasteiger partial charge in [0.2, 0.25) is 0 Å². The molecular weight excluding hydrogens is 257 g/mol. The second-order valence-electron chi connectivity index (χ2n) is 5.38. The van der Waals surface area contributed by atoms with Crippen molar-refractivity contribution < 1.29 is 13.5 Å². The monoisotopic (exact) mass is 277 g/mol. The summed E-state index contributed by atoms with van der Waals surface area (Å²) in [7, 11) is 0. The molecule has 3 rings (SSSR count). The van der Waals surface area contributed by atoms with Crippen LogP contribution in [0.25, 0.3) is 11.0 Å². The Morgan fingerprint density at radius 1 is 1.45 bits per heavy atom. The van der Waals surface area contributed by atoms with Crippen LogP contribution in [0.15, 0.2) is 28.7 Å². The Labute approximate surface area is 118 Å². The maximum Gasteiger partial charge on any atom is 0.169 e. The van der Waals surface area contributed by atoms with Crippen LogP contribution in [0.4, 0.5) is 4.39 Å². The van der Waals surface area contributed by atoms with Crippen molar-refractivity contribution in [3.05, 3.63) is 35.8 Å². The minimum atomic E-state index is -0.298. The number of hydrogen-bond donors (Lipinski definition) is 1. The van der Waals surface area contributed by atoms with E-state index in [1.807, 2.05) is 12.1 Å². The molecule has 20 heavy (non-hydrogen) atoms. The van der Waals surface area contributed by atoms with E-state index in [4.69, 9.17) is 9.15 Å². The average Bonchev–Trinajstić information content (AvgIpc) is 3.07. The van der Waals surface area contributed by atoms with Crippen LogP contribution in [-0.2, 0) is 4.74 Å². The van der Waals surface area contributed by atoms with Gasteiger partial charge in [0.15, 0.2) is 11.4 Å². The molecule has 1 aliphatic rings. The van der Waals surface area contributed by atoms with Crippen LogP contribution in [0, 0.1) is 11.7 Å². The molecule has 1 fully saturated rings. The van der Waals surface area contributed by atoms with E-state index in [1.54, 1.807) is 6.07 Å². The highest BCUT2D eigenvalue weighted by Crippen LogP contribution is 2.31. The Balaban J connectivity index is 1.86. The number of benzene rings is 1. The van der Waals surface area contributed by atoms with Gasteiger partial charge >= 0.3 is 0 Å². The maximum atomic E-state index is 13.7. The Kier molecular flexibility index (Phi) is 4.03. The summed E-state index contributed by atoms with van der Waals surface area (Å²) in [4.78, 5) is 0. The molecule has 1 aliphatic heterocycles. The zero-order chi connectivity index (χ0) is 13.9. The molecule has 1 aromatic heterocycles. The zero-order valence-corrected chi connectivity index (χ0v) is 11.7. The van der Waals surface area contributed by atoms with E-state index in [2.05, 4.69) is 12.2 Å². The Bertz CT molecular complexity index is 575. The van der Waals surface area contributed by atoms with Crippen molar-refractivity contribution in [2.75, 3.05) is 19.8 Å². The number of ether oxygens (including phenoxy) is 1. The number of hydrogen-bond acceptors (Lipinski definition) is 3. The van der Waals surface area contributed by atoms with Crippen molar-refractivity contribution in [2.45, 2.75) is 25.8 Å². The number of fused-ring (bicyclic) bond motifs is 1. The highest BCUT2D eigenvalue weighted by molar-refractivity contribution is 5.78. The zero-order valence-electron chi connectivity index (χ0n) is 11.7. The molecule has 0 spiro atoms. The Hall–Kier alpha value is -1.39. The molecule has 2 heterocycles. The standard InChI is InChI=1S/C16H20FNO2/c1-2-18-14(8-11-6-7-19-10-11)15-9-12-4-3-5-13(17)16(12)20-15/h3-5,9,11,14,18H,2,6-8,10H2,1H3. The van der Waals surface area contributed by atoms with E-state index in [0.717, 1.165) is 43.7 Å². The molecule has 4 heteroatoms. The molecule has 3 nitrogen and oxygen atoms in total. The third-order valence-corrected chi connectivity index (χ3v) is 3.90. The van der Waals surface area contributed by atoms with Crippen LogP contribution >= 0.6 is 0 Å². The van der Waals surface area contributed by atoms with E-state index in [-0.39, 0.29) is 11.9 Å². The van der Waals surface area contributed by atoms with Crippen molar-refractivity contribution in [3.63, 3.8) is 0 Å². The molecule has 0 amide bonds. The van der Waals surface area contributed by atoms with Crippen molar-refractivity contribution in [2.24, 2.45) is 5.92 Å². The van der Waals surface area contributed by atoms with Gasteiger partial charge in [0.05, 0.1) is 6.04 Å². The van der Waals surface area contributed by atoms with Crippen LogP contribution in [0.3, 0.4) is 0 Å². The quantitative estimate of drug-likeness (QED) is 0.906. The first kappa shape index (κ1) is 13.6. The molecule has 1 N–H and O–H groups in total. The van der Waals surface area contributed by atoms with Gasteiger partial charge in [0.1, 0.15) is 5.76 Å². The molecular formula is C16H20FNO2. The van der Waals surface area contributed by atoms with Gasteiger partial charge in [-0.25, -0.2) is 4.39 Å². The van der Waals surface area contributed by atoms with Crippen molar-refractivity contribution in [3.8, 4) is 0 Å². The number of para-hydroxylation sites is 1. The van der Waals surface area contributed by atoms with Crippen LogP contribution in [0.5, 0.6) is 0 Å². The van der Waals surface area contributed by atoms with Crippen molar-refractivity contribution >= 4 is 11.0 Å². The summed E-state index contributed by atoms with van der Waals surface area (Å²) in [6.45, 7) is 4.59. The van der Waals surface area contributed by atoms with Crippen molar-refractivity contribution in [1.82, 2.24) is 5.32 Å². The molecule has 2 unspecified atom stereocenters. The van der Waals surface area contributed by atoms with Gasteiger partial charge in [0, 0.05) is 18.6 Å². The lowest BCUT2D eigenvalue weighted by Crippen LogP contribution is -2.23. The predicted molar refractivity (Wildman–Crippen MR) is 76.1 cm³/mol. The van der Waals surface area contributed by atoms with Crippen molar-refractivity contribution in [1.29, 1.82) is 0 Å². The summed E-state index contributed by atoms with van der Waals surface area (Å²) in [6, 6.07) is 7.10. The number of nitrogens with one attached hydrogen (secondary N) is 1. The largest absolute Gasteiger partial charge is 0.456 e. The molecule has 1 aromatic carbocycles. The lowest BCUT2D eigenvalue weighted by atomic mass is 9.97. The molecule has 0 aliphatic carbocycles. The average molecular weight is 277 g/mol. The summed E-state index contributed by atoms with van der Waals surface area (Å²) in [5.41, 5.74) is 0.355. The lowest BCUT2D eigenvalue weighted by molar-refractivity contribution is 0.180. The Morgan fingerprint density at radius 3 is 3.05 bits per heavy atom. The molecule has 1 saturated heterocycles. The van der Waals surface area contributed by atoms with Gasteiger partial charge in [-0.15, -0.1) is 0 Å². The third-order valence-electron chi connectivity index (χ3n) is 3.90. The van der Waals surface area contributed by atoms with E-state index >= 15 is 0 Å². The topological polar surface area (TPSA) is 34.4 Å². The third kappa shape index (κ3) is 2.72. The van der Waals surface area contributed by atoms with E-state index in [0.29, 0.717) is 11.5 Å². The second-order valence-corrected chi connectivity index (χ2v) is 5.38. The fraction of sp³-hybridized carbons (Fsp3) is 0.500. The smallest absolute Gasteiger partial charge is 0.169 e. The molecule has 2 atom stereocenters. The molecule has 0 radical (unpaired) electrons. The minimum absolute atomic E-state index is 0.124. The summed E-state index contributed by atoms with van der Waals surface area (Å²) in [5.74, 6) is 1.07. The van der Waals surface area contributed by atoms with E-state index < -0.39 is 0 Å². The fourth-order valence-electron chi connectivity index (χ4n) is 2.87. The maximum absolute atomic E-state index is 13.7. The summed E-state index contributed by atoms with van der Waals surface area (Å²) in [6.07, 6.45) is 2.06. The summed E-state index contributed by atoms with van der Waals surface area (Å²) < 4.78 is 24.9. The first-order valence-electron chi connectivity index (χ1n) is 7.27. The normalized spacial score (nSPS) is 20.6. The number of halogens is 1. The second kappa shape index (κ2) is 5.94. The highest BCUT2D eigenvalue weighted by atomic mass is 19.1. The number of furan rings is 1. The summed E-state index contributed by atoms with van der Waals surface area (Å²) >= 11 is 0. The SMILES string of the molecule is CCNC(CC1CCOC1)c1cc2cccc(F)c2o1. The van der Waals surface area contributed by atoms with Gasteiger partial charge in [-0.1, -0.05) is 19.1 Å². The molecule has 0 saturated carbocycles. The van der Waals surface area contributed by atoms with Gasteiger partial charge < -0.3 is 14.5 Å². The molecule has 108 valence electrons. The fourth-order valence-corrected chi connectivity index (χ4v) is 2.87. The van der Waals surface area contributed by atoms with Gasteiger partial charge in [0.25, 0.3) is 0 Å². The number of rotatable bonds is 5. The van der Waals surface area contributed by atoms with E-state index in [1.165, 1.54) is 6.07 Å². The van der Waals surface area contributed by atoms with Crippen LogP contribution < -0.4 is 5.32 Å². The van der Waals surface area contributed by atoms with Crippen LogP contribution in [0.2, 0.25) is 0 Å². The van der Waals surface area contributed by atoms with Crippen LogP contribution in [0.1, 0.15) is 31.6 Å². The molecule has 0 bridgehead atoms. The van der Waals surface area contributed by atoms with Gasteiger partial charge in [-0.2, -0.15) is 0 Å². The van der Waals surface area contributed by atoms with Crippen LogP contribution in [-0.4, -0.2) is 19.8 Å². The lowest BCUT2D eigenvalue weighted by Gasteiger charge is -2.18. The van der Waals surface area contributed by atoms with Gasteiger partial charge in [-0.3, -0.25) is 0 Å². The van der Waals surface area contributed by atoms with Gasteiger partial charge in [-0.05, 0) is 37.4 Å². The highest BCUT2D eigenvalue weighted by Gasteiger charge is 2.24.